The Hall–Kier alpha value is -3.73. The van der Waals surface area contributed by atoms with E-state index in [1.165, 1.54) is 0 Å². The summed E-state index contributed by atoms with van der Waals surface area (Å²) in [7, 11) is 0. The number of halogens is 1. The Morgan fingerprint density at radius 2 is 1.84 bits per heavy atom. The number of anilines is 1. The highest BCUT2D eigenvalue weighted by Crippen LogP contribution is 2.26. The summed E-state index contributed by atoms with van der Waals surface area (Å²) in [4.78, 5) is 28.8. The van der Waals surface area contributed by atoms with Gasteiger partial charge in [-0.15, -0.1) is 0 Å². The van der Waals surface area contributed by atoms with Crippen LogP contribution in [0, 0.1) is 0 Å². The number of amides is 1. The van der Waals surface area contributed by atoms with Gasteiger partial charge in [-0.3, -0.25) is 10.2 Å². The number of rotatable bonds is 9. The number of fused-ring (bicyclic) bond motifs is 1. The molecule has 10 nitrogen and oxygen atoms in total. The third-order valence-corrected chi connectivity index (χ3v) is 8.05. The molecule has 6 rings (SSSR count). The molecular weight excluding hydrogens is 580 g/mol. The van der Waals surface area contributed by atoms with Gasteiger partial charge in [-0.25, -0.2) is 14.8 Å². The van der Waals surface area contributed by atoms with Crippen LogP contribution in [-0.4, -0.2) is 68.0 Å². The Morgan fingerprint density at radius 1 is 1.07 bits per heavy atom. The van der Waals surface area contributed by atoms with E-state index in [-0.39, 0.29) is 12.2 Å². The van der Waals surface area contributed by atoms with Gasteiger partial charge in [-0.2, -0.15) is 4.98 Å². The number of imidazole rings is 1. The molecule has 2 aromatic carbocycles. The average Bonchev–Trinajstić information content (AvgIpc) is 3.28. The van der Waals surface area contributed by atoms with Gasteiger partial charge in [0.05, 0.1) is 30.2 Å². The van der Waals surface area contributed by atoms with E-state index in [4.69, 9.17) is 30.8 Å². The van der Waals surface area contributed by atoms with Crippen molar-refractivity contribution in [2.24, 2.45) is 0 Å². The van der Waals surface area contributed by atoms with Crippen molar-refractivity contribution in [3.8, 4) is 5.88 Å². The molecule has 2 aliphatic heterocycles. The lowest BCUT2D eigenvalue weighted by molar-refractivity contribution is -0.0592. The maximum atomic E-state index is 12.3. The van der Waals surface area contributed by atoms with Crippen molar-refractivity contribution in [3.63, 3.8) is 0 Å². The fourth-order valence-electron chi connectivity index (χ4n) is 5.51. The van der Waals surface area contributed by atoms with Gasteiger partial charge in [-0.05, 0) is 75.9 Å². The van der Waals surface area contributed by atoms with E-state index in [1.807, 2.05) is 69.3 Å². The minimum absolute atomic E-state index is 0.0909. The summed E-state index contributed by atoms with van der Waals surface area (Å²) in [5.74, 6) is 2.33. The Labute approximate surface area is 262 Å². The molecular formula is C33H39ClN6O4. The second-order valence-corrected chi connectivity index (χ2v) is 12.9. The fourth-order valence-corrected chi connectivity index (χ4v) is 5.63. The molecule has 1 N–H and O–H groups in total. The summed E-state index contributed by atoms with van der Waals surface area (Å²) in [5, 5.41) is 3.55. The predicted octanol–water partition coefficient (Wildman–Crippen LogP) is 6.25. The van der Waals surface area contributed by atoms with Crippen molar-refractivity contribution in [1.82, 2.24) is 24.4 Å². The summed E-state index contributed by atoms with van der Waals surface area (Å²) < 4.78 is 19.7. The number of ether oxygens (including phenoxy) is 3. The highest BCUT2D eigenvalue weighted by Gasteiger charge is 2.26. The van der Waals surface area contributed by atoms with Crippen LogP contribution in [0.15, 0.2) is 54.7 Å². The van der Waals surface area contributed by atoms with Crippen molar-refractivity contribution >= 4 is 34.4 Å². The van der Waals surface area contributed by atoms with Gasteiger partial charge >= 0.3 is 6.09 Å². The van der Waals surface area contributed by atoms with Gasteiger partial charge in [0.1, 0.15) is 23.4 Å². The minimum atomic E-state index is -0.569. The average molecular weight is 619 g/mol. The van der Waals surface area contributed by atoms with Gasteiger partial charge < -0.3 is 18.8 Å². The number of hydrogen-bond acceptors (Lipinski definition) is 8. The minimum Gasteiger partial charge on any atom is -0.474 e. The molecule has 0 bridgehead atoms. The van der Waals surface area contributed by atoms with Crippen LogP contribution in [-0.2, 0) is 29.0 Å². The second kappa shape index (κ2) is 13.1. The van der Waals surface area contributed by atoms with E-state index >= 15 is 0 Å². The van der Waals surface area contributed by atoms with Crippen LogP contribution in [0.25, 0.3) is 11.0 Å². The number of nitrogens with zero attached hydrogens (tertiary/aromatic N) is 5. The van der Waals surface area contributed by atoms with E-state index in [2.05, 4.69) is 24.8 Å². The van der Waals surface area contributed by atoms with Crippen molar-refractivity contribution in [2.45, 2.75) is 77.4 Å². The molecule has 2 fully saturated rings. The molecule has 4 aromatic rings. The largest absolute Gasteiger partial charge is 0.474 e. The molecule has 0 aliphatic carbocycles. The first-order valence-electron chi connectivity index (χ1n) is 15.2. The SMILES string of the molecule is CC(C)(C)OC(=O)Nc1ccc2c(c1)nc(CN1CCC(Oc3ccnc(Cc4ccc(Cl)cc4)n3)CC1)n2C[C@@H]1CCO1. The highest BCUT2D eigenvalue weighted by atomic mass is 35.5. The van der Waals surface area contributed by atoms with Crippen LogP contribution >= 0.6 is 11.6 Å². The maximum absolute atomic E-state index is 12.3. The van der Waals surface area contributed by atoms with Gasteiger partial charge in [0.2, 0.25) is 5.88 Å². The summed E-state index contributed by atoms with van der Waals surface area (Å²) in [6.07, 6.45) is 5.02. The van der Waals surface area contributed by atoms with Crippen LogP contribution < -0.4 is 10.1 Å². The molecule has 0 unspecified atom stereocenters. The standard InChI is InChI=1S/C33H39ClN6O4/c1-33(2,3)44-32(41)36-24-8-9-28-27(19-24)37-30(40(28)20-26-13-17-42-26)21-39-15-11-25(12-16-39)43-31-10-14-35-29(38-31)18-22-4-6-23(34)7-5-22/h4-10,14,19,25-26H,11-13,15-18,20-21H2,1-3H3,(H,36,41)/t26-/m0/s1. The Morgan fingerprint density at radius 3 is 2.55 bits per heavy atom. The van der Waals surface area contributed by atoms with E-state index in [0.29, 0.717) is 23.0 Å². The zero-order valence-corrected chi connectivity index (χ0v) is 26.2. The predicted molar refractivity (Wildman–Crippen MR) is 169 cm³/mol. The first-order valence-corrected chi connectivity index (χ1v) is 15.6. The Balaban J connectivity index is 1.08. The van der Waals surface area contributed by atoms with E-state index in [0.717, 1.165) is 80.3 Å². The van der Waals surface area contributed by atoms with Gasteiger partial charge in [0.25, 0.3) is 0 Å². The molecule has 2 saturated heterocycles. The summed E-state index contributed by atoms with van der Waals surface area (Å²) in [5.41, 5.74) is 3.05. The molecule has 1 atom stereocenters. The number of hydrogen-bond donors (Lipinski definition) is 1. The quantitative estimate of drug-likeness (QED) is 0.235. The number of likely N-dealkylation sites (tertiary alicyclic amines) is 1. The topological polar surface area (TPSA) is 104 Å². The molecule has 0 spiro atoms. The summed E-state index contributed by atoms with van der Waals surface area (Å²) >= 11 is 6.01. The van der Waals surface area contributed by atoms with E-state index in [1.54, 1.807) is 6.20 Å². The summed E-state index contributed by atoms with van der Waals surface area (Å²) in [6, 6.07) is 15.4. The number of nitrogens with one attached hydrogen (secondary N) is 1. The molecule has 0 radical (unpaired) electrons. The summed E-state index contributed by atoms with van der Waals surface area (Å²) in [6.45, 7) is 9.60. The van der Waals surface area contributed by atoms with Gasteiger partial charge in [0, 0.05) is 49.1 Å². The zero-order valence-electron chi connectivity index (χ0n) is 25.5. The lowest BCUT2D eigenvalue weighted by Gasteiger charge is -2.32. The highest BCUT2D eigenvalue weighted by molar-refractivity contribution is 6.30. The first-order chi connectivity index (χ1) is 21.2. The third kappa shape index (κ3) is 7.85. The van der Waals surface area contributed by atoms with Crippen LogP contribution in [0.5, 0.6) is 5.88 Å². The smallest absolute Gasteiger partial charge is 0.412 e. The van der Waals surface area contributed by atoms with Crippen molar-refractivity contribution in [3.05, 3.63) is 77.0 Å². The molecule has 2 aromatic heterocycles. The fraction of sp³-hybridized carbons (Fsp3) is 0.455. The van der Waals surface area contributed by atoms with Crippen LogP contribution in [0.4, 0.5) is 10.5 Å². The molecule has 0 saturated carbocycles. The number of piperidine rings is 1. The second-order valence-electron chi connectivity index (χ2n) is 12.5. The van der Waals surface area contributed by atoms with E-state index < -0.39 is 11.7 Å². The molecule has 44 heavy (non-hydrogen) atoms. The van der Waals surface area contributed by atoms with Crippen molar-refractivity contribution < 1.29 is 19.0 Å². The maximum Gasteiger partial charge on any atom is 0.412 e. The normalized spacial score (nSPS) is 17.8. The molecule has 1 amide bonds. The lowest BCUT2D eigenvalue weighted by Crippen LogP contribution is -2.39. The molecule has 4 heterocycles. The van der Waals surface area contributed by atoms with Gasteiger partial charge in [0.15, 0.2) is 0 Å². The molecule has 2 aliphatic rings. The lowest BCUT2D eigenvalue weighted by atomic mass is 10.1. The number of carbonyl (C=O) groups is 1. The van der Waals surface area contributed by atoms with Crippen LogP contribution in [0.2, 0.25) is 5.02 Å². The molecule has 232 valence electrons. The Kier molecular flexibility index (Phi) is 9.02. The third-order valence-electron chi connectivity index (χ3n) is 7.79. The molecule has 11 heteroatoms. The van der Waals surface area contributed by atoms with Gasteiger partial charge in [-0.1, -0.05) is 23.7 Å². The first kappa shape index (κ1) is 30.3. The van der Waals surface area contributed by atoms with Crippen LogP contribution in [0.3, 0.4) is 0 Å². The van der Waals surface area contributed by atoms with Crippen molar-refractivity contribution in [1.29, 1.82) is 0 Å². The van der Waals surface area contributed by atoms with Crippen LogP contribution in [0.1, 0.15) is 57.2 Å². The number of benzene rings is 2. The van der Waals surface area contributed by atoms with E-state index in [9.17, 15) is 4.79 Å². The van der Waals surface area contributed by atoms with Crippen molar-refractivity contribution in [2.75, 3.05) is 25.0 Å². The number of aromatic nitrogens is 4. The Bertz CT molecular complexity index is 1590. The number of carbonyl (C=O) groups excluding carboxylic acids is 1. The monoisotopic (exact) mass is 618 g/mol. The zero-order chi connectivity index (χ0) is 30.7.